The van der Waals surface area contributed by atoms with E-state index in [1.807, 2.05) is 19.0 Å². The van der Waals surface area contributed by atoms with Gasteiger partial charge >= 0.3 is 0 Å². The molecule has 1 unspecified atom stereocenters. The Kier molecular flexibility index (Phi) is 5.91. The van der Waals surface area contributed by atoms with Crippen molar-refractivity contribution in [2.45, 2.75) is 25.4 Å². The summed E-state index contributed by atoms with van der Waals surface area (Å²) in [6.07, 6.45) is 5.09. The maximum Gasteiger partial charge on any atom is 0.241 e. The molecule has 1 saturated heterocycles. The van der Waals surface area contributed by atoms with Gasteiger partial charge in [0.25, 0.3) is 0 Å². The molecule has 122 valence electrons. The molecule has 2 amide bonds. The lowest BCUT2D eigenvalue weighted by atomic mass is 10.2. The van der Waals surface area contributed by atoms with E-state index in [0.717, 1.165) is 25.9 Å². The van der Waals surface area contributed by atoms with Crippen LogP contribution in [0.5, 0.6) is 0 Å². The summed E-state index contributed by atoms with van der Waals surface area (Å²) in [7, 11) is 3.90. The molecule has 0 bridgehead atoms. The Hall–Kier alpha value is -1.93. The molecule has 2 heterocycles. The van der Waals surface area contributed by atoms with E-state index in [1.165, 1.54) is 4.68 Å². The first-order chi connectivity index (χ1) is 10.5. The third-order valence-electron chi connectivity index (χ3n) is 3.46. The molecule has 1 atom stereocenters. The van der Waals surface area contributed by atoms with Crippen LogP contribution < -0.4 is 16.0 Å². The maximum absolute atomic E-state index is 12.0. The van der Waals surface area contributed by atoms with Crippen molar-refractivity contribution < 1.29 is 9.59 Å². The first-order valence-corrected chi connectivity index (χ1v) is 7.53. The van der Waals surface area contributed by atoms with Gasteiger partial charge in [-0.25, -0.2) is 0 Å². The van der Waals surface area contributed by atoms with Crippen LogP contribution in [0.1, 0.15) is 12.8 Å². The molecule has 0 aromatic carbocycles. The molecule has 8 heteroatoms. The van der Waals surface area contributed by atoms with Crippen LogP contribution in [0.3, 0.4) is 0 Å². The molecule has 1 aliphatic rings. The second-order valence-electron chi connectivity index (χ2n) is 5.72. The van der Waals surface area contributed by atoms with Crippen molar-refractivity contribution >= 4 is 17.5 Å². The van der Waals surface area contributed by atoms with E-state index in [9.17, 15) is 9.59 Å². The lowest BCUT2D eigenvalue weighted by Gasteiger charge is -2.10. The molecular formula is C14H24N6O2. The average molecular weight is 308 g/mol. The highest BCUT2D eigenvalue weighted by Gasteiger charge is 2.22. The molecule has 2 rings (SSSR count). The summed E-state index contributed by atoms with van der Waals surface area (Å²) in [6, 6.07) is -0.127. The van der Waals surface area contributed by atoms with E-state index in [4.69, 9.17) is 0 Å². The lowest BCUT2D eigenvalue weighted by Crippen LogP contribution is -2.35. The van der Waals surface area contributed by atoms with E-state index in [2.05, 4.69) is 21.0 Å². The largest absolute Gasteiger partial charge is 0.353 e. The Balaban J connectivity index is 1.76. The van der Waals surface area contributed by atoms with Crippen molar-refractivity contribution in [2.75, 3.05) is 39.0 Å². The summed E-state index contributed by atoms with van der Waals surface area (Å²) >= 11 is 0. The van der Waals surface area contributed by atoms with Gasteiger partial charge in [-0.2, -0.15) is 5.10 Å². The number of carbonyl (C=O) groups is 2. The van der Waals surface area contributed by atoms with Crippen molar-refractivity contribution in [1.29, 1.82) is 0 Å². The summed E-state index contributed by atoms with van der Waals surface area (Å²) < 4.78 is 1.52. The molecule has 8 nitrogen and oxygen atoms in total. The number of aromatic nitrogens is 2. The second kappa shape index (κ2) is 7.90. The summed E-state index contributed by atoms with van der Waals surface area (Å²) in [6.45, 7) is 2.42. The van der Waals surface area contributed by atoms with Crippen LogP contribution in [-0.4, -0.2) is 66.3 Å². The van der Waals surface area contributed by atoms with Crippen molar-refractivity contribution in [3.63, 3.8) is 0 Å². The predicted molar refractivity (Wildman–Crippen MR) is 83.4 cm³/mol. The molecule has 0 spiro atoms. The van der Waals surface area contributed by atoms with Crippen LogP contribution in [0.25, 0.3) is 0 Å². The minimum absolute atomic E-state index is 0.0486. The summed E-state index contributed by atoms with van der Waals surface area (Å²) in [4.78, 5) is 25.7. The van der Waals surface area contributed by atoms with E-state index >= 15 is 0 Å². The number of rotatable bonds is 7. The number of anilines is 1. The molecule has 3 N–H and O–H groups in total. The molecule has 1 aromatic rings. The van der Waals surface area contributed by atoms with Gasteiger partial charge in [0.2, 0.25) is 11.8 Å². The second-order valence-corrected chi connectivity index (χ2v) is 5.72. The van der Waals surface area contributed by atoms with Gasteiger partial charge in [0.05, 0.1) is 17.9 Å². The van der Waals surface area contributed by atoms with E-state index in [0.29, 0.717) is 12.2 Å². The van der Waals surface area contributed by atoms with Gasteiger partial charge in [-0.1, -0.05) is 0 Å². The molecule has 0 radical (unpaired) electrons. The van der Waals surface area contributed by atoms with Crippen LogP contribution in [0, 0.1) is 0 Å². The SMILES string of the molecule is CN(C)CCNC(=O)Cn1cc(NC(=O)C2CCCN2)cn1. The van der Waals surface area contributed by atoms with Gasteiger partial charge in [0, 0.05) is 19.3 Å². The maximum atomic E-state index is 12.0. The van der Waals surface area contributed by atoms with Crippen LogP contribution in [-0.2, 0) is 16.1 Å². The van der Waals surface area contributed by atoms with E-state index in [-0.39, 0.29) is 24.4 Å². The first-order valence-electron chi connectivity index (χ1n) is 7.53. The van der Waals surface area contributed by atoms with Gasteiger partial charge in [-0.3, -0.25) is 14.3 Å². The zero-order chi connectivity index (χ0) is 15.9. The zero-order valence-corrected chi connectivity index (χ0v) is 13.1. The molecule has 0 saturated carbocycles. The third kappa shape index (κ3) is 5.12. The average Bonchev–Trinajstić information content (AvgIpc) is 3.09. The zero-order valence-electron chi connectivity index (χ0n) is 13.1. The minimum atomic E-state index is -0.127. The van der Waals surface area contributed by atoms with Gasteiger partial charge in [0.1, 0.15) is 6.54 Å². The van der Waals surface area contributed by atoms with E-state index < -0.39 is 0 Å². The fourth-order valence-corrected chi connectivity index (χ4v) is 2.27. The lowest BCUT2D eigenvalue weighted by molar-refractivity contribution is -0.122. The van der Waals surface area contributed by atoms with Gasteiger partial charge in [0.15, 0.2) is 0 Å². The van der Waals surface area contributed by atoms with E-state index in [1.54, 1.807) is 12.4 Å². The normalized spacial score (nSPS) is 17.7. The number of amides is 2. The highest BCUT2D eigenvalue weighted by Crippen LogP contribution is 2.10. The van der Waals surface area contributed by atoms with Crippen LogP contribution in [0.2, 0.25) is 0 Å². The standard InChI is InChI=1S/C14H24N6O2/c1-19(2)7-6-16-13(21)10-20-9-11(8-17-20)18-14(22)12-4-3-5-15-12/h8-9,12,15H,3-7,10H2,1-2H3,(H,16,21)(H,18,22). The highest BCUT2D eigenvalue weighted by molar-refractivity contribution is 5.94. The van der Waals surface area contributed by atoms with Gasteiger partial charge in [-0.05, 0) is 33.5 Å². The topological polar surface area (TPSA) is 91.3 Å². The predicted octanol–water partition coefficient (Wildman–Crippen LogP) is -0.749. The Labute approximate surface area is 130 Å². The quantitative estimate of drug-likeness (QED) is 0.617. The summed E-state index contributed by atoms with van der Waals surface area (Å²) in [5, 5.41) is 12.9. The van der Waals surface area contributed by atoms with Gasteiger partial charge in [-0.15, -0.1) is 0 Å². The smallest absolute Gasteiger partial charge is 0.241 e. The molecule has 22 heavy (non-hydrogen) atoms. The highest BCUT2D eigenvalue weighted by atomic mass is 16.2. The number of carbonyl (C=O) groups excluding carboxylic acids is 2. The number of nitrogens with one attached hydrogen (secondary N) is 3. The van der Waals surface area contributed by atoms with Gasteiger partial charge < -0.3 is 20.9 Å². The monoisotopic (exact) mass is 308 g/mol. The van der Waals surface area contributed by atoms with Crippen molar-refractivity contribution in [1.82, 2.24) is 25.3 Å². The van der Waals surface area contributed by atoms with Crippen LogP contribution >= 0.6 is 0 Å². The summed E-state index contributed by atoms with van der Waals surface area (Å²) in [5.41, 5.74) is 0.611. The van der Waals surface area contributed by atoms with Crippen molar-refractivity contribution in [3.8, 4) is 0 Å². The molecule has 0 aliphatic carbocycles. The number of nitrogens with zero attached hydrogens (tertiary/aromatic N) is 3. The molecule has 1 aliphatic heterocycles. The molecular weight excluding hydrogens is 284 g/mol. The summed E-state index contributed by atoms with van der Waals surface area (Å²) in [5.74, 6) is -0.146. The fourth-order valence-electron chi connectivity index (χ4n) is 2.27. The molecule has 1 aromatic heterocycles. The third-order valence-corrected chi connectivity index (χ3v) is 3.46. The van der Waals surface area contributed by atoms with Crippen LogP contribution in [0.15, 0.2) is 12.4 Å². The fraction of sp³-hybridized carbons (Fsp3) is 0.643. The Morgan fingerprint density at radius 3 is 3.00 bits per heavy atom. The van der Waals surface area contributed by atoms with Crippen molar-refractivity contribution in [3.05, 3.63) is 12.4 Å². The number of hydrogen-bond donors (Lipinski definition) is 3. The van der Waals surface area contributed by atoms with Crippen LogP contribution in [0.4, 0.5) is 5.69 Å². The Bertz CT molecular complexity index is 507. The molecule has 1 fully saturated rings. The first kappa shape index (κ1) is 16.4. The minimum Gasteiger partial charge on any atom is -0.353 e. The number of hydrogen-bond acceptors (Lipinski definition) is 5. The Morgan fingerprint density at radius 1 is 1.50 bits per heavy atom. The van der Waals surface area contributed by atoms with Crippen molar-refractivity contribution in [2.24, 2.45) is 0 Å². The number of likely N-dealkylation sites (N-methyl/N-ethyl adjacent to an activating group) is 1. The Morgan fingerprint density at radius 2 is 2.32 bits per heavy atom.